The number of esters is 2. The van der Waals surface area contributed by atoms with Gasteiger partial charge in [0.1, 0.15) is 62.3 Å². The molecule has 52 heavy (non-hydrogen) atoms. The number of nitrogens with one attached hydrogen (secondary N) is 2. The number of carboxylic acids is 4. The second-order valence-corrected chi connectivity index (χ2v) is 9.64. The minimum Gasteiger partial charge on any atom is -0.481 e. The Morgan fingerprint density at radius 3 is 0.942 bits per heavy atom. The summed E-state index contributed by atoms with van der Waals surface area (Å²) in [6.07, 6.45) is -16.2. The Morgan fingerprint density at radius 1 is 0.442 bits per heavy atom. The summed E-state index contributed by atoms with van der Waals surface area (Å²) >= 11 is 0. The molecule has 0 aliphatic heterocycles. The van der Waals surface area contributed by atoms with Gasteiger partial charge < -0.3 is 91.6 Å². The van der Waals surface area contributed by atoms with Crippen LogP contribution in [0.1, 0.15) is 25.7 Å². The van der Waals surface area contributed by atoms with Crippen molar-refractivity contribution in [3.8, 4) is 0 Å². The molecule has 0 spiro atoms. The van der Waals surface area contributed by atoms with Crippen molar-refractivity contribution >= 4 is 47.6 Å². The van der Waals surface area contributed by atoms with E-state index < -0.39 is 148 Å². The second kappa shape index (κ2) is 31.1. The van der Waals surface area contributed by atoms with Gasteiger partial charge in [-0.25, -0.2) is 0 Å². The van der Waals surface area contributed by atoms with Gasteiger partial charge in [0.05, 0.1) is 39.6 Å². The zero-order valence-electron chi connectivity index (χ0n) is 27.6. The number of ether oxygens (including phenoxy) is 2. The first-order valence-corrected chi connectivity index (χ1v) is 14.1. The van der Waals surface area contributed by atoms with Crippen LogP contribution in [-0.2, 0) is 47.8 Å². The largest absolute Gasteiger partial charge is 0.481 e. The van der Waals surface area contributed by atoms with E-state index in [0.29, 0.717) is 0 Å². The molecule has 0 aromatic carbocycles. The summed E-state index contributed by atoms with van der Waals surface area (Å²) in [6, 6.07) is 0. The maximum Gasteiger partial charge on any atom is 0.316 e. The van der Waals surface area contributed by atoms with Crippen LogP contribution in [0.25, 0.3) is 0 Å². The van der Waals surface area contributed by atoms with E-state index >= 15 is 0 Å². The number of aliphatic carboxylic acids is 4. The van der Waals surface area contributed by atoms with Crippen LogP contribution in [0.4, 0.5) is 0 Å². The molecule has 0 saturated heterocycles. The van der Waals surface area contributed by atoms with Crippen LogP contribution in [0.2, 0.25) is 0 Å². The lowest BCUT2D eigenvalue weighted by atomic mass is 10.0. The Morgan fingerprint density at radius 2 is 0.712 bits per heavy atom. The summed E-state index contributed by atoms with van der Waals surface area (Å²) in [6.45, 7) is -2.54. The molecule has 0 unspecified atom stereocenters. The second-order valence-electron chi connectivity index (χ2n) is 9.64. The molecule has 16 N–H and O–H groups in total. The highest BCUT2D eigenvalue weighted by molar-refractivity contribution is 5.94. The number of methoxy groups -OCH3 is 2. The van der Waals surface area contributed by atoms with Gasteiger partial charge in [0, 0.05) is 13.1 Å². The van der Waals surface area contributed by atoms with Gasteiger partial charge in [-0.05, 0) is 0 Å². The standard InChI is InChI=1S/C10H19NO8.C9H17NO8.C4H6O4.C3H4O4/c1-19-8(16)2-7(15)11-3-5(13)9(17)10(18)6(14)4-12;11-3-5(13)9(18)8(17)4(12)2-10-6(14)1-7(15)16;1-8-4(7)2-3(5)6;4-2(5)1-3(6)7/h5-6,9-10,12-14,17-18H,2-4H2,1H3,(H,11,15);4-5,8-9,11-13,17-18H,1-3H2,(H,10,14)(H,15,16);2H2,1H3,(H,5,6);1H2,(H,4,5)(H,6,7)/t5-,6+,9+,10+;4-,5+,8+,9+;;/m00../s1. The molecule has 0 aromatic heterocycles. The van der Waals surface area contributed by atoms with Gasteiger partial charge in [0.15, 0.2) is 0 Å². The van der Waals surface area contributed by atoms with Crippen LogP contribution in [0.5, 0.6) is 0 Å². The number of carbonyl (C=O) groups is 8. The highest BCUT2D eigenvalue weighted by atomic mass is 16.5. The molecule has 0 saturated carbocycles. The predicted octanol–water partition coefficient (Wildman–Crippen LogP) is -8.71. The van der Waals surface area contributed by atoms with E-state index in [0.717, 1.165) is 14.2 Å². The Kier molecular flexibility index (Phi) is 32.4. The molecule has 0 heterocycles. The molecule has 0 aliphatic rings. The normalized spacial score (nSPS) is 14.7. The molecule has 0 radical (unpaired) electrons. The SMILES string of the molecule is COC(=O)CC(=O)NC[C@H](O)[C@@H](O)[C@H](O)[C@H](O)CO.COC(=O)CC(=O)O.O=C(O)CC(=O)NC[C@H](O)[C@@H](O)[C@H](O)[C@H](O)CO.O=C(O)CC(=O)O. The molecule has 2 amide bonds. The number of carboxylic acid groups (broad SMARTS) is 4. The summed E-state index contributed by atoms with van der Waals surface area (Å²) in [5.74, 6) is -8.22. The lowest BCUT2D eigenvalue weighted by Crippen LogP contribution is -2.49. The van der Waals surface area contributed by atoms with Gasteiger partial charge in [0.2, 0.25) is 11.8 Å². The average molecular weight is 771 g/mol. The third kappa shape index (κ3) is 31.3. The maximum absolute atomic E-state index is 11.1. The fraction of sp³-hybridized carbons (Fsp3) is 0.692. The first kappa shape index (κ1) is 54.1. The van der Waals surface area contributed by atoms with Gasteiger partial charge in [-0.3, -0.25) is 38.4 Å². The third-order valence-electron chi connectivity index (χ3n) is 5.34. The number of hydrogen-bond acceptors (Lipinski definition) is 20. The van der Waals surface area contributed by atoms with Crippen LogP contribution in [0.15, 0.2) is 0 Å². The lowest BCUT2D eigenvalue weighted by molar-refractivity contribution is -0.150. The van der Waals surface area contributed by atoms with E-state index in [1.165, 1.54) is 0 Å². The zero-order chi connectivity index (χ0) is 41.7. The fourth-order valence-corrected chi connectivity index (χ4v) is 2.60. The fourth-order valence-electron chi connectivity index (χ4n) is 2.60. The third-order valence-corrected chi connectivity index (χ3v) is 5.34. The molecule has 304 valence electrons. The highest BCUT2D eigenvalue weighted by Crippen LogP contribution is 2.05. The number of carbonyl (C=O) groups excluding carboxylic acids is 4. The number of hydrogen-bond donors (Lipinski definition) is 16. The Bertz CT molecular complexity index is 1090. The molecule has 0 bridgehead atoms. The lowest BCUT2D eigenvalue weighted by Gasteiger charge is -2.25. The number of rotatable bonds is 20. The first-order chi connectivity index (χ1) is 23.9. The van der Waals surface area contributed by atoms with Crippen LogP contribution in [0, 0.1) is 0 Å². The van der Waals surface area contributed by atoms with E-state index in [2.05, 4.69) is 14.8 Å². The Balaban J connectivity index is -0.000000321. The summed E-state index contributed by atoms with van der Waals surface area (Å²) in [4.78, 5) is 81.5. The van der Waals surface area contributed by atoms with Crippen LogP contribution in [-0.4, -0.2) is 208 Å². The van der Waals surface area contributed by atoms with Gasteiger partial charge in [-0.1, -0.05) is 0 Å². The van der Waals surface area contributed by atoms with Crippen molar-refractivity contribution < 1.29 is 119 Å². The first-order valence-electron chi connectivity index (χ1n) is 14.1. The van der Waals surface area contributed by atoms with Crippen molar-refractivity contribution in [1.29, 1.82) is 0 Å². The van der Waals surface area contributed by atoms with Crippen molar-refractivity contribution in [3.05, 3.63) is 0 Å². The molecule has 26 heteroatoms. The van der Waals surface area contributed by atoms with Crippen LogP contribution < -0.4 is 10.6 Å². The smallest absolute Gasteiger partial charge is 0.316 e. The maximum atomic E-state index is 11.1. The van der Waals surface area contributed by atoms with E-state index in [-0.39, 0.29) is 0 Å². The van der Waals surface area contributed by atoms with Crippen LogP contribution >= 0.6 is 0 Å². The van der Waals surface area contributed by atoms with Gasteiger partial charge in [0.25, 0.3) is 0 Å². The van der Waals surface area contributed by atoms with Gasteiger partial charge in [-0.15, -0.1) is 0 Å². The summed E-state index contributed by atoms with van der Waals surface area (Å²) < 4.78 is 8.29. The number of aliphatic hydroxyl groups excluding tert-OH is 10. The molecular weight excluding hydrogens is 724 g/mol. The molecule has 8 atom stereocenters. The molecule has 0 rings (SSSR count). The minimum atomic E-state index is -1.79. The quantitative estimate of drug-likeness (QED) is 0.0403. The molecule has 26 nitrogen and oxygen atoms in total. The average Bonchev–Trinajstić information content (AvgIpc) is 3.06. The highest BCUT2D eigenvalue weighted by Gasteiger charge is 2.31. The van der Waals surface area contributed by atoms with E-state index in [4.69, 9.17) is 40.9 Å². The van der Waals surface area contributed by atoms with Crippen molar-refractivity contribution in [2.75, 3.05) is 40.5 Å². The van der Waals surface area contributed by atoms with Crippen molar-refractivity contribution in [2.24, 2.45) is 0 Å². The van der Waals surface area contributed by atoms with E-state index in [9.17, 15) is 69.0 Å². The van der Waals surface area contributed by atoms with Gasteiger partial charge in [-0.2, -0.15) is 0 Å². The van der Waals surface area contributed by atoms with E-state index in [1.54, 1.807) is 0 Å². The van der Waals surface area contributed by atoms with E-state index in [1.807, 2.05) is 5.32 Å². The number of amides is 2. The summed E-state index contributed by atoms with van der Waals surface area (Å²) in [5, 5.41) is 127. The van der Waals surface area contributed by atoms with Gasteiger partial charge >= 0.3 is 35.8 Å². The molecular formula is C26H46N2O24. The summed E-state index contributed by atoms with van der Waals surface area (Å²) in [5.41, 5.74) is 0. The monoisotopic (exact) mass is 770 g/mol. The van der Waals surface area contributed by atoms with Crippen molar-refractivity contribution in [3.63, 3.8) is 0 Å². The number of aliphatic hydroxyl groups is 10. The zero-order valence-corrected chi connectivity index (χ0v) is 27.6. The van der Waals surface area contributed by atoms with Crippen molar-refractivity contribution in [1.82, 2.24) is 10.6 Å². The van der Waals surface area contributed by atoms with Crippen molar-refractivity contribution in [2.45, 2.75) is 74.5 Å². The predicted molar refractivity (Wildman–Crippen MR) is 161 cm³/mol. The Hall–Kier alpha value is -4.64. The summed E-state index contributed by atoms with van der Waals surface area (Å²) in [7, 11) is 2.26. The minimum absolute atomic E-state index is 0.438. The molecule has 0 aliphatic carbocycles. The Labute approximate surface area is 293 Å². The van der Waals surface area contributed by atoms with Crippen LogP contribution in [0.3, 0.4) is 0 Å². The molecule has 0 aromatic rings. The molecule has 0 fully saturated rings. The topological polar surface area (TPSA) is 462 Å².